The number of hydrogen-bond acceptors (Lipinski definition) is 4. The van der Waals surface area contributed by atoms with E-state index in [1.165, 1.54) is 5.56 Å². The summed E-state index contributed by atoms with van der Waals surface area (Å²) in [5.41, 5.74) is 3.60. The zero-order chi connectivity index (χ0) is 21.9. The van der Waals surface area contributed by atoms with Crippen LogP contribution in [0.2, 0.25) is 0 Å². The number of nitrogens with zero attached hydrogens (tertiary/aromatic N) is 4. The molecule has 1 N–H and O–H groups in total. The Morgan fingerprint density at radius 1 is 0.906 bits per heavy atom. The molecule has 2 aromatic carbocycles. The minimum absolute atomic E-state index is 0.0123. The maximum Gasteiger partial charge on any atom is 0.279 e. The third-order valence-corrected chi connectivity index (χ3v) is 6.48. The summed E-state index contributed by atoms with van der Waals surface area (Å²) in [6.07, 6.45) is 3.61. The van der Waals surface area contributed by atoms with Crippen LogP contribution < -0.4 is 10.9 Å². The lowest BCUT2D eigenvalue weighted by Gasteiger charge is -2.23. The van der Waals surface area contributed by atoms with E-state index >= 15 is 0 Å². The van der Waals surface area contributed by atoms with Gasteiger partial charge >= 0.3 is 0 Å². The number of rotatable bonds is 6. The number of hydrogen-bond donors (Lipinski definition) is 1. The van der Waals surface area contributed by atoms with Crippen LogP contribution in [0.3, 0.4) is 0 Å². The topological polar surface area (TPSA) is 64.7 Å². The molecule has 4 aromatic rings. The fourth-order valence-corrected chi connectivity index (χ4v) is 4.66. The number of nitrogens with one attached hydrogen (secondary N) is 1. The van der Waals surface area contributed by atoms with Crippen molar-refractivity contribution >= 4 is 11.2 Å². The zero-order valence-corrected chi connectivity index (χ0v) is 18.5. The molecule has 6 nitrogen and oxygen atoms in total. The molecule has 32 heavy (non-hydrogen) atoms. The highest BCUT2D eigenvalue weighted by molar-refractivity contribution is 5.71. The van der Waals surface area contributed by atoms with Crippen molar-refractivity contribution in [3.63, 3.8) is 0 Å². The van der Waals surface area contributed by atoms with E-state index in [4.69, 9.17) is 9.97 Å². The summed E-state index contributed by atoms with van der Waals surface area (Å²) < 4.78 is 3.83. The monoisotopic (exact) mass is 427 g/mol. The fraction of sp³-hybridized carbons (Fsp3) is 0.346. The van der Waals surface area contributed by atoms with Crippen molar-refractivity contribution in [3.05, 3.63) is 93.8 Å². The van der Waals surface area contributed by atoms with E-state index in [0.717, 1.165) is 49.6 Å². The average Bonchev–Trinajstić information content (AvgIpc) is 3.20. The number of aromatic nitrogens is 4. The highest BCUT2D eigenvalue weighted by Gasteiger charge is 2.25. The van der Waals surface area contributed by atoms with Crippen LogP contribution in [0.15, 0.2) is 65.5 Å². The molecule has 6 heteroatoms. The fourth-order valence-electron chi connectivity index (χ4n) is 4.66. The van der Waals surface area contributed by atoms with Gasteiger partial charge in [0.25, 0.3) is 5.56 Å². The molecule has 0 unspecified atom stereocenters. The largest absolute Gasteiger partial charge is 0.317 e. The smallest absolute Gasteiger partial charge is 0.279 e. The highest BCUT2D eigenvalue weighted by atomic mass is 16.1. The van der Waals surface area contributed by atoms with Gasteiger partial charge in [0, 0.05) is 25.9 Å². The Hall–Kier alpha value is -3.25. The van der Waals surface area contributed by atoms with Gasteiger partial charge in [0.15, 0.2) is 11.2 Å². The van der Waals surface area contributed by atoms with Gasteiger partial charge in [-0.1, -0.05) is 60.7 Å². The second-order valence-electron chi connectivity index (χ2n) is 8.62. The van der Waals surface area contributed by atoms with Crippen molar-refractivity contribution in [1.82, 2.24) is 24.4 Å². The SMILES string of the molecule is Cn1c(CCc2ccccc2)nc2nc(C3CCNCC3)n(Cc3ccccc3)c2c1=O. The number of aryl methyl sites for hydroxylation is 2. The van der Waals surface area contributed by atoms with Crippen molar-refractivity contribution in [3.8, 4) is 0 Å². The molecule has 0 bridgehead atoms. The van der Waals surface area contributed by atoms with Gasteiger partial charge in [-0.2, -0.15) is 0 Å². The lowest BCUT2D eigenvalue weighted by Crippen LogP contribution is -2.29. The third-order valence-electron chi connectivity index (χ3n) is 6.48. The summed E-state index contributed by atoms with van der Waals surface area (Å²) in [4.78, 5) is 23.4. The molecule has 1 saturated heterocycles. The van der Waals surface area contributed by atoms with Crippen LogP contribution in [0.25, 0.3) is 11.2 Å². The first-order chi connectivity index (χ1) is 15.7. The first-order valence-corrected chi connectivity index (χ1v) is 11.5. The van der Waals surface area contributed by atoms with Crippen LogP contribution in [-0.4, -0.2) is 32.2 Å². The molecule has 2 aromatic heterocycles. The lowest BCUT2D eigenvalue weighted by molar-refractivity contribution is 0.435. The molecule has 1 fully saturated rings. The standard InChI is InChI=1S/C26H29N5O/c1-30-22(13-12-19-8-4-2-5-9-19)28-24-23(26(30)32)31(18-20-10-6-3-7-11-20)25(29-24)21-14-16-27-17-15-21/h2-11,21,27H,12-18H2,1H3. The molecule has 0 saturated carbocycles. The minimum Gasteiger partial charge on any atom is -0.317 e. The molecule has 0 aliphatic carbocycles. The van der Waals surface area contributed by atoms with E-state index in [2.05, 4.69) is 34.1 Å². The second-order valence-corrected chi connectivity index (χ2v) is 8.62. The van der Waals surface area contributed by atoms with Crippen LogP contribution in [0.5, 0.6) is 0 Å². The van der Waals surface area contributed by atoms with Gasteiger partial charge in [0.2, 0.25) is 0 Å². The van der Waals surface area contributed by atoms with Gasteiger partial charge in [0.05, 0.1) is 0 Å². The van der Waals surface area contributed by atoms with Crippen molar-refractivity contribution in [1.29, 1.82) is 0 Å². The van der Waals surface area contributed by atoms with E-state index < -0.39 is 0 Å². The Balaban J connectivity index is 1.57. The quantitative estimate of drug-likeness (QED) is 0.512. The summed E-state index contributed by atoms with van der Waals surface area (Å²) in [5, 5.41) is 3.43. The van der Waals surface area contributed by atoms with E-state index in [1.807, 2.05) is 43.4 Å². The van der Waals surface area contributed by atoms with Gasteiger partial charge in [-0.15, -0.1) is 0 Å². The predicted molar refractivity (Wildman–Crippen MR) is 127 cm³/mol. The number of benzene rings is 2. The van der Waals surface area contributed by atoms with Gasteiger partial charge in [-0.05, 0) is 43.5 Å². The second kappa shape index (κ2) is 9.09. The maximum atomic E-state index is 13.5. The number of imidazole rings is 1. The molecular weight excluding hydrogens is 398 g/mol. The van der Waals surface area contributed by atoms with E-state index in [-0.39, 0.29) is 5.56 Å². The Morgan fingerprint density at radius 2 is 1.56 bits per heavy atom. The summed E-state index contributed by atoms with van der Waals surface area (Å²) in [7, 11) is 1.83. The van der Waals surface area contributed by atoms with Crippen LogP contribution in [-0.2, 0) is 26.4 Å². The van der Waals surface area contributed by atoms with Crippen molar-refractivity contribution < 1.29 is 0 Å². The van der Waals surface area contributed by atoms with Crippen LogP contribution >= 0.6 is 0 Å². The predicted octanol–water partition coefficient (Wildman–Crippen LogP) is 3.43. The van der Waals surface area contributed by atoms with Gasteiger partial charge in [-0.3, -0.25) is 9.36 Å². The lowest BCUT2D eigenvalue weighted by atomic mass is 9.97. The number of fused-ring (bicyclic) bond motifs is 1. The molecular formula is C26H29N5O. The van der Waals surface area contributed by atoms with Gasteiger partial charge < -0.3 is 9.88 Å². The van der Waals surface area contributed by atoms with Crippen LogP contribution in [0, 0.1) is 0 Å². The minimum atomic E-state index is -0.0123. The number of piperidine rings is 1. The van der Waals surface area contributed by atoms with Gasteiger partial charge in [-0.25, -0.2) is 9.97 Å². The molecule has 164 valence electrons. The molecule has 0 amide bonds. The summed E-state index contributed by atoms with van der Waals surface area (Å²) >= 11 is 0. The summed E-state index contributed by atoms with van der Waals surface area (Å²) in [5.74, 6) is 2.12. The summed E-state index contributed by atoms with van der Waals surface area (Å²) in [6.45, 7) is 2.59. The van der Waals surface area contributed by atoms with Gasteiger partial charge in [0.1, 0.15) is 11.6 Å². The van der Waals surface area contributed by atoms with E-state index in [9.17, 15) is 4.79 Å². The average molecular weight is 428 g/mol. The van der Waals surface area contributed by atoms with Crippen molar-refractivity contribution in [2.45, 2.75) is 38.1 Å². The van der Waals surface area contributed by atoms with E-state index in [0.29, 0.717) is 30.0 Å². The van der Waals surface area contributed by atoms with Crippen LogP contribution in [0.1, 0.15) is 41.5 Å². The Labute approximate surface area is 188 Å². The molecule has 3 heterocycles. The first kappa shape index (κ1) is 20.6. The zero-order valence-electron chi connectivity index (χ0n) is 18.5. The maximum absolute atomic E-state index is 13.5. The molecule has 0 radical (unpaired) electrons. The van der Waals surface area contributed by atoms with Crippen molar-refractivity contribution in [2.75, 3.05) is 13.1 Å². The molecule has 0 spiro atoms. The molecule has 1 aliphatic heterocycles. The Morgan fingerprint density at radius 3 is 2.25 bits per heavy atom. The third kappa shape index (κ3) is 4.10. The molecule has 1 aliphatic rings. The van der Waals surface area contributed by atoms with E-state index in [1.54, 1.807) is 4.57 Å². The van der Waals surface area contributed by atoms with Crippen molar-refractivity contribution in [2.24, 2.45) is 7.05 Å². The molecule has 5 rings (SSSR count). The summed E-state index contributed by atoms with van der Waals surface area (Å²) in [6, 6.07) is 20.6. The highest BCUT2D eigenvalue weighted by Crippen LogP contribution is 2.27. The Bertz CT molecular complexity index is 1250. The molecule has 0 atom stereocenters. The first-order valence-electron chi connectivity index (χ1n) is 11.5. The van der Waals surface area contributed by atoms with Crippen LogP contribution in [0.4, 0.5) is 0 Å². The Kier molecular flexibility index (Phi) is 5.86. The normalized spacial score (nSPS) is 14.8.